The molecule has 2 aliphatic heterocycles. The van der Waals surface area contributed by atoms with Crippen LogP contribution in [0.5, 0.6) is 0 Å². The second-order valence-corrected chi connectivity index (χ2v) is 5.13. The molecule has 1 aromatic carbocycles. The zero-order valence-corrected chi connectivity index (χ0v) is 12.5. The van der Waals surface area contributed by atoms with Crippen LogP contribution in [0.1, 0.15) is 12.5 Å². The molecule has 2 aliphatic rings. The topological polar surface area (TPSA) is 106 Å². The number of carbonyl (C=O) groups is 1. The molecule has 3 rings (SSSR count). The highest BCUT2D eigenvalue weighted by Gasteiger charge is 2.40. The molecule has 7 nitrogen and oxygen atoms in total. The average molecular weight is 317 g/mol. The number of aliphatic imine (C=N–C) groups is 1. The molecule has 1 aromatic rings. The summed E-state index contributed by atoms with van der Waals surface area (Å²) in [4.78, 5) is 16.3. The first-order valence-electron chi connectivity index (χ1n) is 7.12. The van der Waals surface area contributed by atoms with Crippen molar-refractivity contribution in [3.05, 3.63) is 35.3 Å². The van der Waals surface area contributed by atoms with Crippen LogP contribution in [-0.2, 0) is 9.53 Å². The average Bonchev–Trinajstić information content (AvgIpc) is 2.91. The summed E-state index contributed by atoms with van der Waals surface area (Å²) in [6, 6.07) is 4.36. The number of halogens is 1. The predicted molar refractivity (Wildman–Crippen MR) is 84.7 cm³/mol. The molecular formula is C15H16FN5O2. The maximum atomic E-state index is 13.9. The summed E-state index contributed by atoms with van der Waals surface area (Å²) in [5.41, 5.74) is 13.0. The van der Waals surface area contributed by atoms with Gasteiger partial charge in [0.2, 0.25) is 0 Å². The number of carbonyl (C=O) groups excluding carboxylic acids is 1. The van der Waals surface area contributed by atoms with Gasteiger partial charge < -0.3 is 16.2 Å². The van der Waals surface area contributed by atoms with E-state index in [0.29, 0.717) is 16.8 Å². The Morgan fingerprint density at radius 3 is 2.96 bits per heavy atom. The van der Waals surface area contributed by atoms with Gasteiger partial charge in [0.05, 0.1) is 18.8 Å². The van der Waals surface area contributed by atoms with Crippen LogP contribution in [0.3, 0.4) is 0 Å². The molecule has 0 radical (unpaired) electrons. The van der Waals surface area contributed by atoms with Gasteiger partial charge in [-0.15, -0.1) is 0 Å². The first-order chi connectivity index (χ1) is 11.0. The van der Waals surface area contributed by atoms with Gasteiger partial charge in [-0.25, -0.2) is 9.38 Å². The number of esters is 1. The van der Waals surface area contributed by atoms with Crippen molar-refractivity contribution in [1.82, 2.24) is 5.01 Å². The third kappa shape index (κ3) is 2.52. The fourth-order valence-electron chi connectivity index (χ4n) is 2.71. The number of ether oxygens (including phenoxy) is 1. The predicted octanol–water partition coefficient (Wildman–Crippen LogP) is 0.928. The highest BCUT2D eigenvalue weighted by atomic mass is 19.1. The van der Waals surface area contributed by atoms with Gasteiger partial charge in [0, 0.05) is 5.57 Å². The maximum absolute atomic E-state index is 13.9. The Kier molecular flexibility index (Phi) is 3.73. The Bertz CT molecular complexity index is 756. The molecule has 0 aromatic heterocycles. The van der Waals surface area contributed by atoms with Crippen LogP contribution >= 0.6 is 0 Å². The lowest BCUT2D eigenvalue weighted by Crippen LogP contribution is -2.29. The van der Waals surface area contributed by atoms with Crippen LogP contribution in [0.4, 0.5) is 10.1 Å². The van der Waals surface area contributed by atoms with Crippen molar-refractivity contribution >= 4 is 29.4 Å². The number of nitrogen functional groups attached to an aromatic ring is 1. The molecule has 0 spiro atoms. The standard InChI is InChI=1S/C15H16FN5O2/c1-2-23-15(22)9-6-21-13(14(18)19-7-20-21)12(9)8-3-4-11(17)10(16)5-8/h3-5,7,9H,2,6,17H2,1H3,(H2,18,19,20). The number of rotatable bonds is 3. The molecule has 0 bridgehead atoms. The summed E-state index contributed by atoms with van der Waals surface area (Å²) in [6.45, 7) is 2.24. The molecule has 0 aliphatic carbocycles. The summed E-state index contributed by atoms with van der Waals surface area (Å²) in [5, 5.41) is 5.68. The molecule has 4 N–H and O–H groups in total. The molecule has 0 amide bonds. The second-order valence-electron chi connectivity index (χ2n) is 5.13. The first kappa shape index (κ1) is 15.0. The molecule has 8 heteroatoms. The zero-order chi connectivity index (χ0) is 16.6. The fraction of sp³-hybridized carbons (Fsp3) is 0.267. The van der Waals surface area contributed by atoms with Crippen LogP contribution < -0.4 is 11.5 Å². The van der Waals surface area contributed by atoms with Crippen LogP contribution in [0.2, 0.25) is 0 Å². The van der Waals surface area contributed by atoms with E-state index in [1.54, 1.807) is 18.0 Å². The Labute approximate surface area is 132 Å². The van der Waals surface area contributed by atoms with E-state index in [9.17, 15) is 9.18 Å². The van der Waals surface area contributed by atoms with Crippen molar-refractivity contribution in [2.45, 2.75) is 6.92 Å². The summed E-state index contributed by atoms with van der Waals surface area (Å²) >= 11 is 0. The Morgan fingerprint density at radius 1 is 1.48 bits per heavy atom. The van der Waals surface area contributed by atoms with Gasteiger partial charge in [0.25, 0.3) is 0 Å². The summed E-state index contributed by atoms with van der Waals surface area (Å²) < 4.78 is 19.0. The third-order valence-electron chi connectivity index (χ3n) is 3.73. The van der Waals surface area contributed by atoms with Gasteiger partial charge in [-0.3, -0.25) is 9.80 Å². The van der Waals surface area contributed by atoms with Crippen molar-refractivity contribution in [2.75, 3.05) is 18.9 Å². The SMILES string of the molecule is CCOC(=O)C1CN2N=CN=C(N)C2=C1c1ccc(N)c(F)c1. The lowest BCUT2D eigenvalue weighted by Gasteiger charge is -2.18. The van der Waals surface area contributed by atoms with E-state index in [1.807, 2.05) is 0 Å². The van der Waals surface area contributed by atoms with Crippen molar-refractivity contribution in [3.8, 4) is 0 Å². The maximum Gasteiger partial charge on any atom is 0.315 e. The smallest absolute Gasteiger partial charge is 0.315 e. The molecule has 0 fully saturated rings. The Balaban J connectivity index is 2.14. The van der Waals surface area contributed by atoms with Crippen molar-refractivity contribution < 1.29 is 13.9 Å². The fourth-order valence-corrected chi connectivity index (χ4v) is 2.71. The summed E-state index contributed by atoms with van der Waals surface area (Å²) in [6.07, 6.45) is 1.31. The summed E-state index contributed by atoms with van der Waals surface area (Å²) in [7, 11) is 0. The first-order valence-corrected chi connectivity index (χ1v) is 7.12. The number of hydrogen-bond acceptors (Lipinski definition) is 7. The molecule has 23 heavy (non-hydrogen) atoms. The molecule has 0 saturated carbocycles. The van der Waals surface area contributed by atoms with Gasteiger partial charge >= 0.3 is 5.97 Å². The van der Waals surface area contributed by atoms with Gasteiger partial charge in [-0.1, -0.05) is 6.07 Å². The monoisotopic (exact) mass is 317 g/mol. The van der Waals surface area contributed by atoms with Crippen molar-refractivity contribution in [1.29, 1.82) is 0 Å². The van der Waals surface area contributed by atoms with E-state index >= 15 is 0 Å². The minimum absolute atomic E-state index is 0.0326. The summed E-state index contributed by atoms with van der Waals surface area (Å²) in [5.74, 6) is -1.38. The van der Waals surface area contributed by atoms with E-state index in [1.165, 1.54) is 18.5 Å². The lowest BCUT2D eigenvalue weighted by atomic mass is 9.93. The van der Waals surface area contributed by atoms with E-state index < -0.39 is 17.7 Å². The molecule has 120 valence electrons. The number of hydrazone groups is 1. The Hall–Kier alpha value is -2.90. The number of anilines is 1. The van der Waals surface area contributed by atoms with E-state index in [-0.39, 0.29) is 24.7 Å². The number of nitrogens with two attached hydrogens (primary N) is 2. The number of nitrogens with zero attached hydrogens (tertiary/aromatic N) is 3. The minimum atomic E-state index is -0.628. The molecule has 1 unspecified atom stereocenters. The number of hydrogen-bond donors (Lipinski definition) is 2. The number of fused-ring (bicyclic) bond motifs is 1. The number of benzene rings is 1. The Morgan fingerprint density at radius 2 is 2.26 bits per heavy atom. The van der Waals surface area contributed by atoms with E-state index in [0.717, 1.165) is 0 Å². The number of amidine groups is 1. The van der Waals surface area contributed by atoms with Gasteiger partial charge in [-0.2, -0.15) is 5.10 Å². The van der Waals surface area contributed by atoms with Gasteiger partial charge in [0.15, 0.2) is 5.84 Å². The van der Waals surface area contributed by atoms with Crippen LogP contribution in [-0.4, -0.2) is 36.3 Å². The molecule has 1 atom stereocenters. The van der Waals surface area contributed by atoms with Gasteiger partial charge in [0.1, 0.15) is 23.8 Å². The molecule has 2 heterocycles. The highest BCUT2D eigenvalue weighted by molar-refractivity contribution is 6.10. The van der Waals surface area contributed by atoms with Crippen molar-refractivity contribution in [2.24, 2.45) is 21.7 Å². The van der Waals surface area contributed by atoms with Crippen LogP contribution in [0.25, 0.3) is 5.57 Å². The van der Waals surface area contributed by atoms with Crippen LogP contribution in [0.15, 0.2) is 34.0 Å². The molecule has 0 saturated heterocycles. The lowest BCUT2D eigenvalue weighted by molar-refractivity contribution is -0.145. The second kappa shape index (κ2) is 5.71. The largest absolute Gasteiger partial charge is 0.465 e. The van der Waals surface area contributed by atoms with Gasteiger partial charge in [-0.05, 0) is 24.6 Å². The molecular weight excluding hydrogens is 301 g/mol. The van der Waals surface area contributed by atoms with E-state index in [4.69, 9.17) is 16.2 Å². The van der Waals surface area contributed by atoms with Crippen LogP contribution in [0, 0.1) is 11.7 Å². The normalized spacial score (nSPS) is 19.7. The zero-order valence-electron chi connectivity index (χ0n) is 12.5. The quantitative estimate of drug-likeness (QED) is 0.637. The van der Waals surface area contributed by atoms with Crippen molar-refractivity contribution in [3.63, 3.8) is 0 Å². The van der Waals surface area contributed by atoms with E-state index in [2.05, 4.69) is 10.1 Å². The minimum Gasteiger partial charge on any atom is -0.465 e. The third-order valence-corrected chi connectivity index (χ3v) is 3.73. The highest BCUT2D eigenvalue weighted by Crippen LogP contribution is 2.38.